The summed E-state index contributed by atoms with van der Waals surface area (Å²) in [6.07, 6.45) is 2.32. The van der Waals surface area contributed by atoms with Crippen molar-refractivity contribution in [1.82, 2.24) is 4.90 Å². The first-order chi connectivity index (χ1) is 8.46. The standard InChI is InChI=1S/C14H21NO2S/c1-12(14-6-4-3-5-7-14)15-9-8-13(10-15)11-18(2,16)17/h3-7,12-13H,8-11H2,1-2H3/t12-,13-/m1/s1. The van der Waals surface area contributed by atoms with Crippen LogP contribution in [0.25, 0.3) is 0 Å². The SMILES string of the molecule is C[C@H](c1ccccc1)N1CC[C@@H](CS(C)(=O)=O)C1. The van der Waals surface area contributed by atoms with Gasteiger partial charge in [0.05, 0.1) is 5.75 Å². The van der Waals surface area contributed by atoms with Crippen LogP contribution >= 0.6 is 0 Å². The Balaban J connectivity index is 1.97. The fraction of sp³-hybridized carbons (Fsp3) is 0.571. The summed E-state index contributed by atoms with van der Waals surface area (Å²) >= 11 is 0. The number of likely N-dealkylation sites (tertiary alicyclic amines) is 1. The lowest BCUT2D eigenvalue weighted by atomic mass is 10.1. The van der Waals surface area contributed by atoms with E-state index in [0.29, 0.717) is 17.7 Å². The van der Waals surface area contributed by atoms with E-state index in [1.54, 1.807) is 0 Å². The lowest BCUT2D eigenvalue weighted by Gasteiger charge is -2.24. The van der Waals surface area contributed by atoms with Gasteiger partial charge < -0.3 is 0 Å². The van der Waals surface area contributed by atoms with E-state index >= 15 is 0 Å². The predicted octanol–water partition coefficient (Wildman–Crippen LogP) is 2.11. The Bertz CT molecular complexity index is 484. The molecule has 4 heteroatoms. The summed E-state index contributed by atoms with van der Waals surface area (Å²) in [5.41, 5.74) is 1.30. The van der Waals surface area contributed by atoms with E-state index in [4.69, 9.17) is 0 Å². The number of benzene rings is 1. The summed E-state index contributed by atoms with van der Waals surface area (Å²) < 4.78 is 22.6. The Kier molecular flexibility index (Phi) is 4.07. The van der Waals surface area contributed by atoms with Gasteiger partial charge in [0.25, 0.3) is 0 Å². The van der Waals surface area contributed by atoms with Crippen molar-refractivity contribution >= 4 is 9.84 Å². The largest absolute Gasteiger partial charge is 0.296 e. The van der Waals surface area contributed by atoms with Crippen molar-refractivity contribution < 1.29 is 8.42 Å². The van der Waals surface area contributed by atoms with Crippen molar-refractivity contribution in [2.75, 3.05) is 25.1 Å². The molecule has 1 aromatic carbocycles. The third-order valence-corrected chi connectivity index (χ3v) is 4.76. The third-order valence-electron chi connectivity index (χ3n) is 3.69. The summed E-state index contributed by atoms with van der Waals surface area (Å²) in [5, 5.41) is 0. The van der Waals surface area contributed by atoms with Crippen molar-refractivity contribution in [3.05, 3.63) is 35.9 Å². The second-order valence-electron chi connectivity index (χ2n) is 5.33. The first-order valence-electron chi connectivity index (χ1n) is 6.42. The van der Waals surface area contributed by atoms with Gasteiger partial charge in [0.15, 0.2) is 0 Å². The summed E-state index contributed by atoms with van der Waals surface area (Å²) in [5.74, 6) is 0.622. The molecule has 1 heterocycles. The zero-order valence-corrected chi connectivity index (χ0v) is 11.9. The highest BCUT2D eigenvalue weighted by atomic mass is 32.2. The van der Waals surface area contributed by atoms with Crippen LogP contribution in [0.4, 0.5) is 0 Å². The molecule has 0 N–H and O–H groups in total. The molecule has 0 saturated carbocycles. The lowest BCUT2D eigenvalue weighted by molar-refractivity contribution is 0.255. The molecule has 3 nitrogen and oxygen atoms in total. The Hall–Kier alpha value is -0.870. The highest BCUT2D eigenvalue weighted by Gasteiger charge is 2.28. The second-order valence-corrected chi connectivity index (χ2v) is 7.51. The molecule has 100 valence electrons. The van der Waals surface area contributed by atoms with Crippen LogP contribution in [-0.4, -0.2) is 38.4 Å². The molecule has 0 unspecified atom stereocenters. The van der Waals surface area contributed by atoms with Crippen LogP contribution in [0.15, 0.2) is 30.3 Å². The zero-order valence-electron chi connectivity index (χ0n) is 11.0. The topological polar surface area (TPSA) is 37.4 Å². The highest BCUT2D eigenvalue weighted by Crippen LogP contribution is 2.27. The van der Waals surface area contributed by atoms with Crippen molar-refractivity contribution in [2.45, 2.75) is 19.4 Å². The number of sulfone groups is 1. The maximum absolute atomic E-state index is 11.3. The lowest BCUT2D eigenvalue weighted by Crippen LogP contribution is -2.26. The molecule has 1 aliphatic heterocycles. The summed E-state index contributed by atoms with van der Waals surface area (Å²) in [6.45, 7) is 4.08. The van der Waals surface area contributed by atoms with Crippen LogP contribution in [0.3, 0.4) is 0 Å². The first-order valence-corrected chi connectivity index (χ1v) is 8.48. The van der Waals surface area contributed by atoms with Gasteiger partial charge in [0.2, 0.25) is 0 Å². The Labute approximate surface area is 110 Å². The van der Waals surface area contributed by atoms with E-state index in [9.17, 15) is 8.42 Å². The molecule has 0 aromatic heterocycles. The van der Waals surface area contributed by atoms with E-state index in [0.717, 1.165) is 19.5 Å². The molecule has 2 rings (SSSR count). The van der Waals surface area contributed by atoms with E-state index in [1.165, 1.54) is 11.8 Å². The van der Waals surface area contributed by atoms with E-state index < -0.39 is 9.84 Å². The van der Waals surface area contributed by atoms with Crippen molar-refractivity contribution in [3.8, 4) is 0 Å². The highest BCUT2D eigenvalue weighted by molar-refractivity contribution is 7.90. The predicted molar refractivity (Wildman–Crippen MR) is 74.2 cm³/mol. The van der Waals surface area contributed by atoms with Gasteiger partial charge in [-0.2, -0.15) is 0 Å². The summed E-state index contributed by atoms with van der Waals surface area (Å²) in [4.78, 5) is 2.38. The summed E-state index contributed by atoms with van der Waals surface area (Å²) in [6, 6.07) is 10.8. The minimum Gasteiger partial charge on any atom is -0.296 e. The van der Waals surface area contributed by atoms with Crippen LogP contribution in [0.1, 0.15) is 24.9 Å². The first kappa shape index (κ1) is 13.6. The molecule has 0 spiro atoms. The minimum atomic E-state index is -2.85. The number of rotatable bonds is 4. The van der Waals surface area contributed by atoms with Gasteiger partial charge >= 0.3 is 0 Å². The number of hydrogen-bond acceptors (Lipinski definition) is 3. The molecule has 18 heavy (non-hydrogen) atoms. The van der Waals surface area contributed by atoms with Crippen LogP contribution < -0.4 is 0 Å². The molecule has 1 aliphatic rings. The second kappa shape index (κ2) is 5.41. The number of nitrogens with zero attached hydrogens (tertiary/aromatic N) is 1. The molecule has 2 atom stereocenters. The molecular formula is C14H21NO2S. The third kappa shape index (κ3) is 3.56. The van der Waals surface area contributed by atoms with Crippen LogP contribution in [0.5, 0.6) is 0 Å². The summed E-state index contributed by atoms with van der Waals surface area (Å²) in [7, 11) is -2.85. The van der Waals surface area contributed by atoms with Crippen molar-refractivity contribution in [2.24, 2.45) is 5.92 Å². The van der Waals surface area contributed by atoms with Gasteiger partial charge in [-0.1, -0.05) is 30.3 Å². The fourth-order valence-corrected chi connectivity index (χ4v) is 3.85. The van der Waals surface area contributed by atoms with Crippen molar-refractivity contribution in [3.63, 3.8) is 0 Å². The van der Waals surface area contributed by atoms with Gasteiger partial charge in [0.1, 0.15) is 9.84 Å². The number of hydrogen-bond donors (Lipinski definition) is 0. The Morgan fingerprint density at radius 1 is 1.33 bits per heavy atom. The minimum absolute atomic E-state index is 0.297. The monoisotopic (exact) mass is 267 g/mol. The Morgan fingerprint density at radius 3 is 2.61 bits per heavy atom. The maximum Gasteiger partial charge on any atom is 0.147 e. The molecule has 1 aromatic rings. The van der Waals surface area contributed by atoms with Crippen molar-refractivity contribution in [1.29, 1.82) is 0 Å². The molecule has 0 bridgehead atoms. The molecule has 1 saturated heterocycles. The molecular weight excluding hydrogens is 246 g/mol. The average Bonchev–Trinajstić information content (AvgIpc) is 2.75. The smallest absolute Gasteiger partial charge is 0.147 e. The zero-order chi connectivity index (χ0) is 13.2. The molecule has 0 radical (unpaired) electrons. The molecule has 1 fully saturated rings. The maximum atomic E-state index is 11.3. The van der Waals surface area contributed by atoms with Gasteiger partial charge in [-0.3, -0.25) is 4.90 Å². The molecule has 0 amide bonds. The van der Waals surface area contributed by atoms with Gasteiger partial charge in [-0.15, -0.1) is 0 Å². The fourth-order valence-electron chi connectivity index (χ4n) is 2.72. The Morgan fingerprint density at radius 2 is 2.00 bits per heavy atom. The quantitative estimate of drug-likeness (QED) is 0.838. The van der Waals surface area contributed by atoms with Gasteiger partial charge in [-0.05, 0) is 31.4 Å². The molecule has 0 aliphatic carbocycles. The van der Waals surface area contributed by atoms with Crippen LogP contribution in [0.2, 0.25) is 0 Å². The van der Waals surface area contributed by atoms with Gasteiger partial charge in [-0.25, -0.2) is 8.42 Å². The van der Waals surface area contributed by atoms with Gasteiger partial charge in [0, 0.05) is 18.8 Å². The van der Waals surface area contributed by atoms with Crippen LogP contribution in [-0.2, 0) is 9.84 Å². The van der Waals surface area contributed by atoms with Crippen LogP contribution in [0, 0.1) is 5.92 Å². The van der Waals surface area contributed by atoms with E-state index in [1.807, 2.05) is 6.07 Å². The average molecular weight is 267 g/mol. The normalized spacial score (nSPS) is 23.1. The van der Waals surface area contributed by atoms with E-state index in [2.05, 4.69) is 36.1 Å². The van der Waals surface area contributed by atoms with E-state index in [-0.39, 0.29) is 0 Å².